The van der Waals surface area contributed by atoms with Crippen LogP contribution in [0.4, 0.5) is 0 Å². The van der Waals surface area contributed by atoms with Gasteiger partial charge in [-0.05, 0) is 25.1 Å². The summed E-state index contributed by atoms with van der Waals surface area (Å²) in [7, 11) is 0. The topological polar surface area (TPSA) is 25.8 Å². The molecule has 0 saturated carbocycles. The van der Waals surface area contributed by atoms with Gasteiger partial charge in [0, 0.05) is 10.6 Å². The van der Waals surface area contributed by atoms with Crippen molar-refractivity contribution in [3.05, 3.63) is 52.6 Å². The van der Waals surface area contributed by atoms with E-state index < -0.39 is 0 Å². The second kappa shape index (κ2) is 6.41. The molecule has 2 aromatic rings. The van der Waals surface area contributed by atoms with Crippen LogP contribution in [0, 0.1) is 6.92 Å². The summed E-state index contributed by atoms with van der Waals surface area (Å²) in [4.78, 5) is 9.82. The van der Waals surface area contributed by atoms with E-state index in [4.69, 9.17) is 23.2 Å². The van der Waals surface area contributed by atoms with Gasteiger partial charge in [0.05, 0.1) is 22.3 Å². The summed E-state index contributed by atoms with van der Waals surface area (Å²) >= 11 is 13.5. The second-order valence-electron chi connectivity index (χ2n) is 3.77. The number of alkyl halides is 1. The lowest BCUT2D eigenvalue weighted by molar-refractivity contribution is 0.955. The molecule has 5 heteroatoms. The van der Waals surface area contributed by atoms with Crippen LogP contribution < -0.4 is 0 Å². The van der Waals surface area contributed by atoms with Crippen LogP contribution in [0.3, 0.4) is 0 Å². The number of hydrogen-bond acceptors (Lipinski definition) is 3. The molecule has 0 saturated heterocycles. The zero-order chi connectivity index (χ0) is 13.0. The quantitative estimate of drug-likeness (QED) is 0.615. The van der Waals surface area contributed by atoms with Crippen LogP contribution in [-0.4, -0.2) is 9.97 Å². The molecule has 0 aliphatic carbocycles. The second-order valence-corrected chi connectivity index (χ2v) is 5.46. The molecule has 0 aliphatic heterocycles. The third-order valence-corrected chi connectivity index (χ3v) is 4.07. The van der Waals surface area contributed by atoms with Crippen LogP contribution in [-0.2, 0) is 11.6 Å². The normalized spacial score (nSPS) is 10.6. The SMILES string of the molecule is Cc1cc(CCl)nc(CSc2ccccc2Cl)n1. The monoisotopic (exact) mass is 298 g/mol. The fourth-order valence-corrected chi connectivity index (χ4v) is 2.77. The van der Waals surface area contributed by atoms with E-state index in [-0.39, 0.29) is 0 Å². The molecule has 1 heterocycles. The zero-order valence-corrected chi connectivity index (χ0v) is 12.2. The number of rotatable bonds is 4. The minimum atomic E-state index is 0.410. The molecule has 2 nitrogen and oxygen atoms in total. The summed E-state index contributed by atoms with van der Waals surface area (Å²) in [6.07, 6.45) is 0. The van der Waals surface area contributed by atoms with Crippen LogP contribution in [0.5, 0.6) is 0 Å². The first-order chi connectivity index (χ1) is 8.69. The molecule has 0 N–H and O–H groups in total. The van der Waals surface area contributed by atoms with Gasteiger partial charge in [-0.3, -0.25) is 0 Å². The van der Waals surface area contributed by atoms with E-state index in [9.17, 15) is 0 Å². The molecule has 0 aliphatic rings. The molecule has 18 heavy (non-hydrogen) atoms. The fourth-order valence-electron chi connectivity index (χ4n) is 1.54. The van der Waals surface area contributed by atoms with Crippen molar-refractivity contribution in [2.24, 2.45) is 0 Å². The van der Waals surface area contributed by atoms with E-state index >= 15 is 0 Å². The lowest BCUT2D eigenvalue weighted by Gasteiger charge is -2.05. The van der Waals surface area contributed by atoms with Gasteiger partial charge in [-0.25, -0.2) is 9.97 Å². The highest BCUT2D eigenvalue weighted by Gasteiger charge is 2.05. The van der Waals surface area contributed by atoms with E-state index in [1.54, 1.807) is 11.8 Å². The summed E-state index contributed by atoms with van der Waals surface area (Å²) in [6, 6.07) is 9.66. The molecular formula is C13H12Cl2N2S. The van der Waals surface area contributed by atoms with Gasteiger partial charge in [0.15, 0.2) is 0 Å². The molecule has 0 atom stereocenters. The standard InChI is InChI=1S/C13H12Cl2N2S/c1-9-6-10(7-14)17-13(16-9)8-18-12-5-3-2-4-11(12)15/h2-6H,7-8H2,1H3. The summed E-state index contributed by atoms with van der Waals surface area (Å²) in [5, 5.41) is 0.757. The van der Waals surface area contributed by atoms with Crippen molar-refractivity contribution in [3.8, 4) is 0 Å². The average Bonchev–Trinajstić information content (AvgIpc) is 2.37. The van der Waals surface area contributed by atoms with E-state index in [2.05, 4.69) is 9.97 Å². The van der Waals surface area contributed by atoms with Gasteiger partial charge < -0.3 is 0 Å². The van der Waals surface area contributed by atoms with Gasteiger partial charge in [0.1, 0.15) is 5.82 Å². The van der Waals surface area contributed by atoms with E-state index in [1.165, 1.54) is 0 Å². The minimum absolute atomic E-state index is 0.410. The maximum absolute atomic E-state index is 6.10. The number of halogens is 2. The van der Waals surface area contributed by atoms with Crippen molar-refractivity contribution in [2.75, 3.05) is 0 Å². The van der Waals surface area contributed by atoms with Crippen molar-refractivity contribution in [1.29, 1.82) is 0 Å². The van der Waals surface area contributed by atoms with Crippen LogP contribution in [0.15, 0.2) is 35.2 Å². The summed E-state index contributed by atoms with van der Waals surface area (Å²) in [5.74, 6) is 1.89. The molecule has 0 spiro atoms. The summed E-state index contributed by atoms with van der Waals surface area (Å²) in [6.45, 7) is 1.95. The molecular weight excluding hydrogens is 287 g/mol. The van der Waals surface area contributed by atoms with Crippen LogP contribution in [0.1, 0.15) is 17.2 Å². The van der Waals surface area contributed by atoms with Gasteiger partial charge in [0.25, 0.3) is 0 Å². The molecule has 1 aromatic heterocycles. The van der Waals surface area contributed by atoms with Crippen molar-refractivity contribution in [1.82, 2.24) is 9.97 Å². The smallest absolute Gasteiger partial charge is 0.139 e. The van der Waals surface area contributed by atoms with Gasteiger partial charge in [-0.1, -0.05) is 23.7 Å². The van der Waals surface area contributed by atoms with Crippen LogP contribution in [0.2, 0.25) is 5.02 Å². The predicted octanol–water partition coefficient (Wildman–Crippen LogP) is 4.47. The highest BCUT2D eigenvalue weighted by atomic mass is 35.5. The largest absolute Gasteiger partial charge is 0.237 e. The maximum Gasteiger partial charge on any atom is 0.139 e. The Hall–Kier alpha value is -0.770. The Labute approximate surface area is 121 Å². The summed E-state index contributed by atoms with van der Waals surface area (Å²) < 4.78 is 0. The predicted molar refractivity (Wildman–Crippen MR) is 77.3 cm³/mol. The highest BCUT2D eigenvalue weighted by molar-refractivity contribution is 7.98. The van der Waals surface area contributed by atoms with Gasteiger partial charge in [0.2, 0.25) is 0 Å². The van der Waals surface area contributed by atoms with Crippen molar-refractivity contribution in [2.45, 2.75) is 23.5 Å². The third kappa shape index (κ3) is 3.61. The first-order valence-electron chi connectivity index (χ1n) is 5.46. The van der Waals surface area contributed by atoms with Crippen LogP contribution in [0.25, 0.3) is 0 Å². The number of nitrogens with zero attached hydrogens (tertiary/aromatic N) is 2. The zero-order valence-electron chi connectivity index (χ0n) is 9.86. The Balaban J connectivity index is 2.11. The Morgan fingerprint density at radius 3 is 2.72 bits per heavy atom. The van der Waals surface area contributed by atoms with Crippen molar-refractivity contribution in [3.63, 3.8) is 0 Å². The first kappa shape index (κ1) is 13.7. The highest BCUT2D eigenvalue weighted by Crippen LogP contribution is 2.28. The number of hydrogen-bond donors (Lipinski definition) is 0. The van der Waals surface area contributed by atoms with Gasteiger partial charge in [-0.2, -0.15) is 0 Å². The molecule has 0 amide bonds. The Morgan fingerprint density at radius 2 is 2.00 bits per heavy atom. The number of aromatic nitrogens is 2. The molecule has 94 valence electrons. The average molecular weight is 299 g/mol. The Bertz CT molecular complexity index is 546. The number of benzene rings is 1. The molecule has 0 bridgehead atoms. The first-order valence-corrected chi connectivity index (χ1v) is 7.35. The minimum Gasteiger partial charge on any atom is -0.237 e. The number of aryl methyl sites for hydroxylation is 1. The summed E-state index contributed by atoms with van der Waals surface area (Å²) in [5.41, 5.74) is 1.80. The molecule has 0 fully saturated rings. The van der Waals surface area contributed by atoms with E-state index in [0.29, 0.717) is 11.6 Å². The molecule has 0 radical (unpaired) electrons. The third-order valence-electron chi connectivity index (χ3n) is 2.28. The fraction of sp³-hybridized carbons (Fsp3) is 0.231. The van der Waals surface area contributed by atoms with E-state index in [1.807, 2.05) is 37.3 Å². The van der Waals surface area contributed by atoms with Gasteiger partial charge in [-0.15, -0.1) is 23.4 Å². The molecule has 2 rings (SSSR count). The Morgan fingerprint density at radius 1 is 1.22 bits per heavy atom. The molecule has 1 aromatic carbocycles. The van der Waals surface area contributed by atoms with Gasteiger partial charge >= 0.3 is 0 Å². The lowest BCUT2D eigenvalue weighted by atomic mass is 10.3. The van der Waals surface area contributed by atoms with Crippen LogP contribution >= 0.6 is 35.0 Å². The lowest BCUT2D eigenvalue weighted by Crippen LogP contribution is -1.98. The maximum atomic E-state index is 6.10. The number of thioether (sulfide) groups is 1. The Kier molecular flexibility index (Phi) is 4.87. The van der Waals surface area contributed by atoms with E-state index in [0.717, 1.165) is 27.1 Å². The molecule has 0 unspecified atom stereocenters. The van der Waals surface area contributed by atoms with Crippen molar-refractivity contribution >= 4 is 35.0 Å². The van der Waals surface area contributed by atoms with Crippen molar-refractivity contribution < 1.29 is 0 Å².